The van der Waals surface area contributed by atoms with Gasteiger partial charge in [0.25, 0.3) is 5.70 Å². The Hall–Kier alpha value is -2.50. The predicted molar refractivity (Wildman–Crippen MR) is 103 cm³/mol. The largest absolute Gasteiger partial charge is 0.501 e. The highest BCUT2D eigenvalue weighted by Crippen LogP contribution is 2.21. The van der Waals surface area contributed by atoms with Gasteiger partial charge in [-0.1, -0.05) is 54.7 Å². The van der Waals surface area contributed by atoms with Crippen LogP contribution in [0, 0.1) is 0 Å². The van der Waals surface area contributed by atoms with Gasteiger partial charge in [0, 0.05) is 18.7 Å². The molecule has 0 saturated carbocycles. The predicted octanol–water partition coefficient (Wildman–Crippen LogP) is 4.04. The van der Waals surface area contributed by atoms with E-state index < -0.39 is 0 Å². The highest BCUT2D eigenvalue weighted by molar-refractivity contribution is 7.81. The average Bonchev–Trinajstić information content (AvgIpc) is 3.17. The standard InChI is InChI=1S/C19H16N2OS2/c22-18(16-10-7-13-24-16)17(21-11-5-2-6-12-21)19(23)20-14-15-8-3-1-4-9-15/h1-13H,14H2,(H-,20,22,23)/p+1. The van der Waals surface area contributed by atoms with E-state index in [1.54, 1.807) is 0 Å². The molecule has 2 aromatic heterocycles. The van der Waals surface area contributed by atoms with E-state index >= 15 is 0 Å². The summed E-state index contributed by atoms with van der Waals surface area (Å²) in [5.41, 5.74) is 1.71. The maximum absolute atomic E-state index is 10.7. The van der Waals surface area contributed by atoms with E-state index in [1.807, 2.05) is 83.0 Å². The van der Waals surface area contributed by atoms with Crippen molar-refractivity contribution >= 4 is 40.0 Å². The molecular formula is C19H17N2OS2+. The summed E-state index contributed by atoms with van der Waals surface area (Å²) in [6.45, 7) is 0.605. The van der Waals surface area contributed by atoms with Crippen molar-refractivity contribution < 1.29 is 9.67 Å². The van der Waals surface area contributed by atoms with Crippen LogP contribution >= 0.6 is 23.6 Å². The summed E-state index contributed by atoms with van der Waals surface area (Å²) >= 11 is 7.04. The van der Waals surface area contributed by atoms with Crippen molar-refractivity contribution in [2.75, 3.05) is 0 Å². The van der Waals surface area contributed by atoms with Crippen LogP contribution in [0.2, 0.25) is 0 Å². The van der Waals surface area contributed by atoms with Gasteiger partial charge in [-0.05, 0) is 17.0 Å². The molecule has 0 aliphatic rings. The Bertz CT molecular complexity index is 828. The van der Waals surface area contributed by atoms with Crippen molar-refractivity contribution in [1.82, 2.24) is 5.32 Å². The van der Waals surface area contributed by atoms with Crippen LogP contribution in [-0.2, 0) is 6.54 Å². The zero-order chi connectivity index (χ0) is 16.8. The van der Waals surface area contributed by atoms with Crippen LogP contribution < -0.4 is 9.88 Å². The van der Waals surface area contributed by atoms with Crippen molar-refractivity contribution in [2.24, 2.45) is 0 Å². The Labute approximate surface area is 150 Å². The number of nitrogens with one attached hydrogen (secondary N) is 1. The molecule has 3 rings (SSSR count). The van der Waals surface area contributed by atoms with Gasteiger partial charge in [0.15, 0.2) is 17.4 Å². The molecule has 24 heavy (non-hydrogen) atoms. The van der Waals surface area contributed by atoms with Crippen molar-refractivity contribution in [3.05, 3.63) is 88.9 Å². The Kier molecular flexibility index (Phi) is 5.36. The molecular weight excluding hydrogens is 336 g/mol. The Morgan fingerprint density at radius 3 is 2.38 bits per heavy atom. The van der Waals surface area contributed by atoms with Gasteiger partial charge < -0.3 is 10.4 Å². The van der Waals surface area contributed by atoms with Crippen LogP contribution in [0.1, 0.15) is 10.4 Å². The molecule has 5 heteroatoms. The lowest BCUT2D eigenvalue weighted by molar-refractivity contribution is -0.576. The van der Waals surface area contributed by atoms with Crippen molar-refractivity contribution in [1.29, 1.82) is 0 Å². The highest BCUT2D eigenvalue weighted by atomic mass is 32.1. The minimum atomic E-state index is 0.173. The number of aromatic nitrogens is 1. The average molecular weight is 353 g/mol. The van der Waals surface area contributed by atoms with Crippen molar-refractivity contribution in [3.8, 4) is 0 Å². The second-order valence-corrected chi connectivity index (χ2v) is 6.48. The molecule has 1 aromatic carbocycles. The number of hydrogen-bond acceptors (Lipinski definition) is 3. The van der Waals surface area contributed by atoms with Crippen LogP contribution in [0.25, 0.3) is 11.5 Å². The Morgan fingerprint density at radius 1 is 1.00 bits per heavy atom. The van der Waals surface area contributed by atoms with Gasteiger partial charge in [0.05, 0.1) is 4.88 Å². The van der Waals surface area contributed by atoms with Crippen LogP contribution in [0.15, 0.2) is 78.4 Å². The number of benzene rings is 1. The first-order valence-corrected chi connectivity index (χ1v) is 8.80. The van der Waals surface area contributed by atoms with E-state index in [2.05, 4.69) is 5.32 Å². The summed E-state index contributed by atoms with van der Waals surface area (Å²) in [6.07, 6.45) is 3.74. The Balaban J connectivity index is 1.90. The molecule has 0 aliphatic carbocycles. The summed E-state index contributed by atoms with van der Waals surface area (Å²) < 4.78 is 1.83. The molecule has 0 atom stereocenters. The third kappa shape index (κ3) is 3.88. The smallest absolute Gasteiger partial charge is 0.288 e. The third-order valence-electron chi connectivity index (χ3n) is 3.46. The normalized spacial score (nSPS) is 11.7. The fraction of sp³-hybridized carbons (Fsp3) is 0.0526. The zero-order valence-electron chi connectivity index (χ0n) is 12.9. The zero-order valence-corrected chi connectivity index (χ0v) is 14.6. The molecule has 2 N–H and O–H groups in total. The molecule has 120 valence electrons. The van der Waals surface area contributed by atoms with Gasteiger partial charge in [0.2, 0.25) is 5.76 Å². The number of rotatable bonds is 5. The molecule has 0 spiro atoms. The number of thiocarbonyl (C=S) groups is 1. The fourth-order valence-corrected chi connectivity index (χ4v) is 3.23. The van der Waals surface area contributed by atoms with E-state index in [0.29, 0.717) is 17.2 Å². The first kappa shape index (κ1) is 16.4. The quantitative estimate of drug-likeness (QED) is 0.315. The van der Waals surface area contributed by atoms with Gasteiger partial charge in [-0.3, -0.25) is 0 Å². The van der Waals surface area contributed by atoms with Gasteiger partial charge in [-0.15, -0.1) is 11.3 Å². The monoisotopic (exact) mass is 353 g/mol. The molecule has 0 amide bonds. The van der Waals surface area contributed by atoms with Gasteiger partial charge in [-0.2, -0.15) is 4.57 Å². The first-order chi connectivity index (χ1) is 11.8. The van der Waals surface area contributed by atoms with Gasteiger partial charge in [-0.25, -0.2) is 0 Å². The number of hydrogen-bond donors (Lipinski definition) is 2. The molecule has 0 bridgehead atoms. The van der Waals surface area contributed by atoms with E-state index in [1.165, 1.54) is 11.3 Å². The van der Waals surface area contributed by atoms with E-state index in [9.17, 15) is 5.11 Å². The summed E-state index contributed by atoms with van der Waals surface area (Å²) in [5.74, 6) is 0.173. The lowest BCUT2D eigenvalue weighted by Gasteiger charge is -2.09. The lowest BCUT2D eigenvalue weighted by Crippen LogP contribution is -2.40. The summed E-state index contributed by atoms with van der Waals surface area (Å²) in [5, 5.41) is 15.9. The van der Waals surface area contributed by atoms with Crippen molar-refractivity contribution in [2.45, 2.75) is 6.54 Å². The second-order valence-electron chi connectivity index (χ2n) is 5.13. The molecule has 0 saturated heterocycles. The van der Waals surface area contributed by atoms with E-state index in [-0.39, 0.29) is 5.76 Å². The Morgan fingerprint density at radius 2 is 1.71 bits per heavy atom. The van der Waals surface area contributed by atoms with Crippen LogP contribution in [0.3, 0.4) is 0 Å². The number of pyridine rings is 1. The molecule has 3 aromatic rings. The van der Waals surface area contributed by atoms with Crippen LogP contribution in [0.5, 0.6) is 0 Å². The summed E-state index contributed by atoms with van der Waals surface area (Å²) in [6, 6.07) is 19.6. The maximum Gasteiger partial charge on any atom is 0.288 e. The number of aliphatic hydroxyl groups is 1. The van der Waals surface area contributed by atoms with E-state index in [0.717, 1.165) is 10.4 Å². The number of aliphatic hydroxyl groups excluding tert-OH is 1. The van der Waals surface area contributed by atoms with E-state index in [4.69, 9.17) is 12.2 Å². The molecule has 3 nitrogen and oxygen atoms in total. The van der Waals surface area contributed by atoms with Gasteiger partial charge >= 0.3 is 0 Å². The topological polar surface area (TPSA) is 36.1 Å². The first-order valence-electron chi connectivity index (χ1n) is 7.51. The maximum atomic E-state index is 10.7. The minimum absolute atomic E-state index is 0.173. The van der Waals surface area contributed by atoms with Crippen molar-refractivity contribution in [3.63, 3.8) is 0 Å². The highest BCUT2D eigenvalue weighted by Gasteiger charge is 2.23. The van der Waals surface area contributed by atoms with Gasteiger partial charge in [0.1, 0.15) is 0 Å². The second kappa shape index (κ2) is 7.86. The number of nitrogens with zero attached hydrogens (tertiary/aromatic N) is 1. The minimum Gasteiger partial charge on any atom is -0.501 e. The molecule has 0 unspecified atom stereocenters. The number of thiophene rings is 1. The summed E-state index contributed by atoms with van der Waals surface area (Å²) in [7, 11) is 0. The molecule has 0 fully saturated rings. The molecule has 2 heterocycles. The summed E-state index contributed by atoms with van der Waals surface area (Å²) in [4.78, 5) is 1.28. The van der Waals surface area contributed by atoms with Crippen LogP contribution in [-0.4, -0.2) is 10.1 Å². The molecule has 0 radical (unpaired) electrons. The fourth-order valence-electron chi connectivity index (χ4n) is 2.29. The molecule has 0 aliphatic heterocycles. The SMILES string of the molecule is OC(=C(C(=S)NCc1ccccc1)[n+]1ccccc1)c1cccs1. The lowest BCUT2D eigenvalue weighted by atomic mass is 10.2. The third-order valence-corrected chi connectivity index (χ3v) is 4.68. The van der Waals surface area contributed by atoms with Crippen LogP contribution in [0.4, 0.5) is 0 Å².